The van der Waals surface area contributed by atoms with Gasteiger partial charge in [-0.15, -0.1) is 0 Å². The largest absolute Gasteiger partial charge is 0.469 e. The van der Waals surface area contributed by atoms with E-state index in [2.05, 4.69) is 32.6 Å². The van der Waals surface area contributed by atoms with Gasteiger partial charge in [-0.3, -0.25) is 9.59 Å². The highest BCUT2D eigenvalue weighted by Gasteiger charge is 2.15. The molecule has 0 radical (unpaired) electrons. The number of halogens is 1. The van der Waals surface area contributed by atoms with Gasteiger partial charge in [0.05, 0.1) is 20.1 Å². The van der Waals surface area contributed by atoms with E-state index in [1.54, 1.807) is 0 Å². The molecule has 1 rings (SSSR count). The number of esters is 2. The molecule has 0 atom stereocenters. The molecule has 22 heavy (non-hydrogen) atoms. The van der Waals surface area contributed by atoms with Crippen LogP contribution in [-0.2, 0) is 32.0 Å². The zero-order chi connectivity index (χ0) is 16.8. The van der Waals surface area contributed by atoms with Gasteiger partial charge in [0.25, 0.3) is 0 Å². The van der Waals surface area contributed by atoms with Gasteiger partial charge < -0.3 is 14.8 Å². The fourth-order valence-corrected chi connectivity index (χ4v) is 2.65. The van der Waals surface area contributed by atoms with Crippen LogP contribution in [-0.4, -0.2) is 31.2 Å². The van der Waals surface area contributed by atoms with Gasteiger partial charge in [0, 0.05) is 10.1 Å². The van der Waals surface area contributed by atoms with Crippen LogP contribution in [0.3, 0.4) is 0 Å². The van der Waals surface area contributed by atoms with Crippen LogP contribution in [0.15, 0.2) is 18.2 Å². The Bertz CT molecular complexity index is 537. The Balaban J connectivity index is 2.55. The van der Waals surface area contributed by atoms with Crippen LogP contribution in [0.4, 0.5) is 0 Å². The Morgan fingerprint density at radius 3 is 2.36 bits per heavy atom. The number of ether oxygens (including phenoxy) is 2. The summed E-state index contributed by atoms with van der Waals surface area (Å²) >= 11 is 2.20. The summed E-state index contributed by atoms with van der Waals surface area (Å²) in [4.78, 5) is 23.0. The van der Waals surface area contributed by atoms with Crippen LogP contribution in [0.25, 0.3) is 0 Å². The second-order valence-electron chi connectivity index (χ2n) is 5.91. The molecule has 0 bridgehead atoms. The van der Waals surface area contributed by atoms with Crippen molar-refractivity contribution in [1.29, 1.82) is 0 Å². The lowest BCUT2D eigenvalue weighted by Crippen LogP contribution is -2.31. The number of hydrogen-bond acceptors (Lipinski definition) is 5. The van der Waals surface area contributed by atoms with E-state index in [1.165, 1.54) is 7.11 Å². The topological polar surface area (TPSA) is 64.6 Å². The first-order valence-electron chi connectivity index (χ1n) is 6.97. The molecule has 0 aliphatic rings. The van der Waals surface area contributed by atoms with Crippen LogP contribution < -0.4 is 5.32 Å². The van der Waals surface area contributed by atoms with E-state index in [-0.39, 0.29) is 24.9 Å². The molecule has 0 amide bonds. The Hall–Kier alpha value is -1.15. The van der Waals surface area contributed by atoms with Gasteiger partial charge in [-0.1, -0.05) is 6.07 Å². The zero-order valence-electron chi connectivity index (χ0n) is 13.4. The van der Waals surface area contributed by atoms with E-state index in [0.717, 1.165) is 14.7 Å². The third kappa shape index (κ3) is 7.74. The van der Waals surface area contributed by atoms with E-state index in [4.69, 9.17) is 4.74 Å². The summed E-state index contributed by atoms with van der Waals surface area (Å²) in [5, 5.41) is 3.05. The van der Waals surface area contributed by atoms with Crippen molar-refractivity contribution in [2.24, 2.45) is 0 Å². The van der Waals surface area contributed by atoms with E-state index in [1.807, 2.05) is 39.0 Å². The molecule has 1 aromatic carbocycles. The standard InChI is InChI=1S/C16H22INO4/c1-16(2,3)22-15(20)10-18-9-12-5-11(6-13(17)7-12)8-14(19)21-4/h5-7,18H,8-10H2,1-4H3. The van der Waals surface area contributed by atoms with Gasteiger partial charge in [0.1, 0.15) is 5.60 Å². The lowest BCUT2D eigenvalue weighted by atomic mass is 10.1. The molecule has 0 spiro atoms. The first kappa shape index (κ1) is 18.9. The maximum Gasteiger partial charge on any atom is 0.320 e. The molecule has 1 N–H and O–H groups in total. The maximum atomic E-state index is 11.6. The van der Waals surface area contributed by atoms with Gasteiger partial charge in [0.2, 0.25) is 0 Å². The molecular formula is C16H22INO4. The summed E-state index contributed by atoms with van der Waals surface area (Å²) in [6.07, 6.45) is 0.242. The molecule has 0 aliphatic heterocycles. The monoisotopic (exact) mass is 419 g/mol. The summed E-state index contributed by atoms with van der Waals surface area (Å²) in [6, 6.07) is 5.87. The van der Waals surface area contributed by atoms with Crippen molar-refractivity contribution in [3.8, 4) is 0 Å². The predicted octanol–water partition coefficient (Wildman–Crippen LogP) is 2.44. The average Bonchev–Trinajstić information content (AvgIpc) is 2.35. The molecule has 0 saturated carbocycles. The first-order valence-corrected chi connectivity index (χ1v) is 8.05. The summed E-state index contributed by atoms with van der Waals surface area (Å²) < 4.78 is 10.9. The summed E-state index contributed by atoms with van der Waals surface area (Å²) in [7, 11) is 1.37. The van der Waals surface area contributed by atoms with Crippen LogP contribution in [0.1, 0.15) is 31.9 Å². The van der Waals surface area contributed by atoms with Crippen molar-refractivity contribution in [1.82, 2.24) is 5.32 Å². The van der Waals surface area contributed by atoms with Crippen molar-refractivity contribution in [2.75, 3.05) is 13.7 Å². The molecule has 6 heteroatoms. The second kappa shape index (κ2) is 8.47. The molecule has 0 fully saturated rings. The third-order valence-electron chi connectivity index (χ3n) is 2.61. The molecule has 1 aromatic rings. The molecule has 0 unspecified atom stereocenters. The smallest absolute Gasteiger partial charge is 0.320 e. The first-order chi connectivity index (χ1) is 10.2. The Kier molecular flexibility index (Phi) is 7.28. The predicted molar refractivity (Wildman–Crippen MR) is 92.4 cm³/mol. The van der Waals surface area contributed by atoms with Crippen molar-refractivity contribution in [2.45, 2.75) is 39.3 Å². The third-order valence-corrected chi connectivity index (χ3v) is 3.23. The number of hydrogen-bond donors (Lipinski definition) is 1. The fourth-order valence-electron chi connectivity index (χ4n) is 1.85. The average molecular weight is 419 g/mol. The minimum atomic E-state index is -0.478. The van der Waals surface area contributed by atoms with Crippen LogP contribution in [0, 0.1) is 3.57 Å². The Morgan fingerprint density at radius 2 is 1.77 bits per heavy atom. The quantitative estimate of drug-likeness (QED) is 0.567. The molecule has 0 saturated heterocycles. The molecule has 0 aliphatic carbocycles. The lowest BCUT2D eigenvalue weighted by Gasteiger charge is -2.19. The van der Waals surface area contributed by atoms with Gasteiger partial charge in [-0.2, -0.15) is 0 Å². The number of benzene rings is 1. The second-order valence-corrected chi connectivity index (χ2v) is 7.16. The number of nitrogens with one attached hydrogen (secondary N) is 1. The summed E-state index contributed by atoms with van der Waals surface area (Å²) in [6.45, 7) is 6.19. The normalized spacial score (nSPS) is 11.1. The van der Waals surface area contributed by atoms with Crippen molar-refractivity contribution < 1.29 is 19.1 Å². The highest BCUT2D eigenvalue weighted by Crippen LogP contribution is 2.14. The molecule has 0 aromatic heterocycles. The number of rotatable bonds is 6. The van der Waals surface area contributed by atoms with Crippen LogP contribution >= 0.6 is 22.6 Å². The number of methoxy groups -OCH3 is 1. The number of carbonyl (C=O) groups excluding carboxylic acids is 2. The highest BCUT2D eigenvalue weighted by molar-refractivity contribution is 14.1. The molecular weight excluding hydrogens is 397 g/mol. The van der Waals surface area contributed by atoms with E-state index >= 15 is 0 Å². The van der Waals surface area contributed by atoms with Gasteiger partial charge in [-0.05, 0) is 66.6 Å². The van der Waals surface area contributed by atoms with E-state index in [0.29, 0.717) is 6.54 Å². The van der Waals surface area contributed by atoms with Crippen LogP contribution in [0.2, 0.25) is 0 Å². The molecule has 122 valence electrons. The Labute approximate surface area is 144 Å². The SMILES string of the molecule is COC(=O)Cc1cc(I)cc(CNCC(=O)OC(C)(C)C)c1. The molecule has 0 heterocycles. The highest BCUT2D eigenvalue weighted by atomic mass is 127. The minimum Gasteiger partial charge on any atom is -0.469 e. The molecule has 5 nitrogen and oxygen atoms in total. The lowest BCUT2D eigenvalue weighted by molar-refractivity contribution is -0.153. The van der Waals surface area contributed by atoms with Crippen molar-refractivity contribution in [3.05, 3.63) is 32.9 Å². The van der Waals surface area contributed by atoms with Crippen molar-refractivity contribution >= 4 is 34.5 Å². The van der Waals surface area contributed by atoms with Gasteiger partial charge in [0.15, 0.2) is 0 Å². The summed E-state index contributed by atoms with van der Waals surface area (Å²) in [5.74, 6) is -0.553. The maximum absolute atomic E-state index is 11.6. The van der Waals surface area contributed by atoms with Gasteiger partial charge in [-0.25, -0.2) is 0 Å². The zero-order valence-corrected chi connectivity index (χ0v) is 15.5. The van der Waals surface area contributed by atoms with E-state index < -0.39 is 5.60 Å². The summed E-state index contributed by atoms with van der Waals surface area (Å²) in [5.41, 5.74) is 1.43. The Morgan fingerprint density at radius 1 is 1.14 bits per heavy atom. The van der Waals surface area contributed by atoms with E-state index in [9.17, 15) is 9.59 Å². The van der Waals surface area contributed by atoms with Crippen LogP contribution in [0.5, 0.6) is 0 Å². The fraction of sp³-hybridized carbons (Fsp3) is 0.500. The minimum absolute atomic E-state index is 0.148. The van der Waals surface area contributed by atoms with Gasteiger partial charge >= 0.3 is 11.9 Å². The van der Waals surface area contributed by atoms with Crippen molar-refractivity contribution in [3.63, 3.8) is 0 Å². The number of carbonyl (C=O) groups is 2.